The van der Waals surface area contributed by atoms with E-state index >= 15 is 0 Å². The lowest BCUT2D eigenvalue weighted by Crippen LogP contribution is -2.39. The van der Waals surface area contributed by atoms with Crippen LogP contribution in [-0.2, 0) is 4.79 Å². The quantitative estimate of drug-likeness (QED) is 0.466. The molecule has 164 valence electrons. The van der Waals surface area contributed by atoms with Crippen molar-refractivity contribution in [1.82, 2.24) is 0 Å². The van der Waals surface area contributed by atoms with Gasteiger partial charge in [0.15, 0.2) is 6.61 Å². The molecule has 0 saturated carbocycles. The van der Waals surface area contributed by atoms with Crippen LogP contribution in [0.2, 0.25) is 10.0 Å². The van der Waals surface area contributed by atoms with E-state index in [1.54, 1.807) is 71.6 Å². The zero-order chi connectivity index (χ0) is 22.5. The molecule has 6 nitrogen and oxygen atoms in total. The monoisotopic (exact) mass is 470 g/mol. The van der Waals surface area contributed by atoms with Gasteiger partial charge in [0.2, 0.25) is 0 Å². The molecule has 3 aromatic rings. The maximum Gasteiger partial charge on any atom is 0.265 e. The van der Waals surface area contributed by atoms with Crippen molar-refractivity contribution >= 4 is 46.4 Å². The van der Waals surface area contributed by atoms with E-state index in [0.717, 1.165) is 0 Å². The Morgan fingerprint density at radius 2 is 1.84 bits per heavy atom. The molecule has 32 heavy (non-hydrogen) atoms. The topological polar surface area (TPSA) is 67.9 Å². The average molecular weight is 471 g/mol. The molecule has 1 N–H and O–H groups in total. The summed E-state index contributed by atoms with van der Waals surface area (Å²) in [6.07, 6.45) is 0.618. The molecule has 1 heterocycles. The van der Waals surface area contributed by atoms with Crippen LogP contribution in [0.15, 0.2) is 66.7 Å². The Morgan fingerprint density at radius 3 is 2.62 bits per heavy atom. The van der Waals surface area contributed by atoms with Gasteiger partial charge in [0, 0.05) is 27.8 Å². The van der Waals surface area contributed by atoms with E-state index in [2.05, 4.69) is 5.32 Å². The number of ether oxygens (including phenoxy) is 2. The summed E-state index contributed by atoms with van der Waals surface area (Å²) < 4.78 is 11.3. The number of halogens is 2. The smallest absolute Gasteiger partial charge is 0.265 e. The summed E-state index contributed by atoms with van der Waals surface area (Å²) in [5.74, 6) is 0.860. The van der Waals surface area contributed by atoms with Gasteiger partial charge < -0.3 is 19.7 Å². The number of hydrogen-bond donors (Lipinski definition) is 1. The summed E-state index contributed by atoms with van der Waals surface area (Å²) in [5, 5.41) is 3.96. The first-order valence-corrected chi connectivity index (χ1v) is 10.8. The number of nitrogens with zero attached hydrogens (tertiary/aromatic N) is 1. The lowest BCUT2D eigenvalue weighted by molar-refractivity contribution is -0.121. The second-order valence-corrected chi connectivity index (χ2v) is 8.01. The van der Waals surface area contributed by atoms with Gasteiger partial charge in [-0.1, -0.05) is 29.3 Å². The highest BCUT2D eigenvalue weighted by atomic mass is 35.5. The highest BCUT2D eigenvalue weighted by Gasteiger charge is 2.25. The molecule has 0 bridgehead atoms. The van der Waals surface area contributed by atoms with Crippen molar-refractivity contribution in [2.75, 3.05) is 30.0 Å². The number of anilines is 2. The molecule has 4 rings (SSSR count). The first-order chi connectivity index (χ1) is 15.5. The van der Waals surface area contributed by atoms with E-state index in [-0.39, 0.29) is 18.4 Å². The Kier molecular flexibility index (Phi) is 6.83. The van der Waals surface area contributed by atoms with Gasteiger partial charge >= 0.3 is 0 Å². The number of nitrogens with one attached hydrogen (secondary N) is 1. The van der Waals surface area contributed by atoms with Gasteiger partial charge in [-0.05, 0) is 67.1 Å². The predicted molar refractivity (Wildman–Crippen MR) is 125 cm³/mol. The third-order valence-corrected chi connectivity index (χ3v) is 5.34. The zero-order valence-electron chi connectivity index (χ0n) is 17.0. The van der Waals surface area contributed by atoms with Crippen LogP contribution in [0.25, 0.3) is 0 Å². The number of amides is 2. The van der Waals surface area contributed by atoms with Crippen LogP contribution in [0, 0.1) is 0 Å². The van der Waals surface area contributed by atoms with Crippen LogP contribution >= 0.6 is 23.2 Å². The highest BCUT2D eigenvalue weighted by molar-refractivity contribution is 6.31. The van der Waals surface area contributed by atoms with Crippen LogP contribution in [0.1, 0.15) is 16.8 Å². The first kappa shape index (κ1) is 22.0. The second-order valence-electron chi connectivity index (χ2n) is 7.14. The molecule has 0 radical (unpaired) electrons. The molecule has 0 unspecified atom stereocenters. The third kappa shape index (κ3) is 5.33. The van der Waals surface area contributed by atoms with Crippen molar-refractivity contribution in [2.24, 2.45) is 0 Å². The zero-order valence-corrected chi connectivity index (χ0v) is 18.5. The molecule has 0 fully saturated rings. The number of fused-ring (bicyclic) bond motifs is 1. The minimum atomic E-state index is -0.293. The molecule has 0 aliphatic carbocycles. The fraction of sp³-hybridized carbons (Fsp3) is 0.167. The van der Waals surface area contributed by atoms with E-state index in [1.165, 1.54) is 0 Å². The van der Waals surface area contributed by atoms with E-state index in [9.17, 15) is 9.59 Å². The predicted octanol–water partition coefficient (Wildman–Crippen LogP) is 5.44. The van der Waals surface area contributed by atoms with E-state index < -0.39 is 0 Å². The van der Waals surface area contributed by atoms with Crippen molar-refractivity contribution in [1.29, 1.82) is 0 Å². The minimum absolute atomic E-state index is 0.0285. The minimum Gasteiger partial charge on any atom is -0.494 e. The van der Waals surface area contributed by atoms with Crippen molar-refractivity contribution in [2.45, 2.75) is 6.42 Å². The van der Waals surface area contributed by atoms with Gasteiger partial charge in [0.05, 0.1) is 12.3 Å². The van der Waals surface area contributed by atoms with Crippen molar-refractivity contribution in [3.05, 3.63) is 82.3 Å². The molecule has 8 heteroatoms. The molecule has 0 saturated heterocycles. The van der Waals surface area contributed by atoms with Crippen LogP contribution in [0.5, 0.6) is 11.5 Å². The molecule has 0 aromatic heterocycles. The number of carbonyl (C=O) groups is 2. The van der Waals surface area contributed by atoms with Crippen molar-refractivity contribution in [3.63, 3.8) is 0 Å². The van der Waals surface area contributed by atoms with E-state index in [4.69, 9.17) is 32.7 Å². The summed E-state index contributed by atoms with van der Waals surface area (Å²) >= 11 is 11.9. The van der Waals surface area contributed by atoms with Crippen molar-refractivity contribution in [3.8, 4) is 11.5 Å². The number of benzene rings is 3. The van der Waals surface area contributed by atoms with Gasteiger partial charge in [-0.3, -0.25) is 9.59 Å². The lowest BCUT2D eigenvalue weighted by atomic mass is 10.1. The highest BCUT2D eigenvalue weighted by Crippen LogP contribution is 2.35. The fourth-order valence-electron chi connectivity index (χ4n) is 3.30. The Labute approximate surface area is 195 Å². The molecule has 0 atom stereocenters. The molecule has 0 spiro atoms. The first-order valence-electron chi connectivity index (χ1n) is 10.0. The standard InChI is InChI=1S/C24H20Cl2N2O4/c25-17-5-8-20(9-6-17)31-12-2-11-28-21-14-19(7-10-22(21)32-15-23(28)29)27-24(30)16-3-1-4-18(26)13-16/h1,3-10,13-14H,2,11-12,15H2,(H,27,30). The largest absolute Gasteiger partial charge is 0.494 e. The number of hydrogen-bond acceptors (Lipinski definition) is 4. The van der Waals surface area contributed by atoms with Gasteiger partial charge in [0.25, 0.3) is 11.8 Å². The Bertz CT molecular complexity index is 1140. The Hall–Kier alpha value is -3.22. The SMILES string of the molecule is O=C(Nc1ccc2c(c1)N(CCCOc1ccc(Cl)cc1)C(=O)CO2)c1cccc(Cl)c1. The average Bonchev–Trinajstić information content (AvgIpc) is 2.79. The summed E-state index contributed by atoms with van der Waals surface area (Å²) in [4.78, 5) is 26.7. The second kappa shape index (κ2) is 9.94. The van der Waals surface area contributed by atoms with Crippen LogP contribution < -0.4 is 19.7 Å². The maximum absolute atomic E-state index is 12.5. The number of rotatable bonds is 7. The van der Waals surface area contributed by atoms with Gasteiger partial charge in [-0.15, -0.1) is 0 Å². The van der Waals surface area contributed by atoms with Gasteiger partial charge in [0.1, 0.15) is 11.5 Å². The van der Waals surface area contributed by atoms with Crippen LogP contribution in [-0.4, -0.2) is 31.6 Å². The normalized spacial score (nSPS) is 12.7. The molecule has 3 aromatic carbocycles. The van der Waals surface area contributed by atoms with Crippen molar-refractivity contribution < 1.29 is 19.1 Å². The summed E-state index contributed by atoms with van der Waals surface area (Å²) in [6, 6.07) is 19.0. The summed E-state index contributed by atoms with van der Waals surface area (Å²) in [7, 11) is 0. The van der Waals surface area contributed by atoms with E-state index in [1.807, 2.05) is 0 Å². The number of carbonyl (C=O) groups excluding carboxylic acids is 2. The molecular weight excluding hydrogens is 451 g/mol. The third-order valence-electron chi connectivity index (χ3n) is 4.86. The summed E-state index contributed by atoms with van der Waals surface area (Å²) in [5.41, 5.74) is 1.60. The van der Waals surface area contributed by atoms with Gasteiger partial charge in [-0.25, -0.2) is 0 Å². The Morgan fingerprint density at radius 1 is 1.03 bits per heavy atom. The molecular formula is C24H20Cl2N2O4. The van der Waals surface area contributed by atoms with Crippen LogP contribution in [0.3, 0.4) is 0 Å². The lowest BCUT2D eigenvalue weighted by Gasteiger charge is -2.30. The maximum atomic E-state index is 12.5. The molecule has 1 aliphatic heterocycles. The van der Waals surface area contributed by atoms with Crippen LogP contribution in [0.4, 0.5) is 11.4 Å². The Balaban J connectivity index is 1.42. The molecule has 1 aliphatic rings. The van der Waals surface area contributed by atoms with E-state index in [0.29, 0.717) is 58.1 Å². The fourth-order valence-corrected chi connectivity index (χ4v) is 3.62. The van der Waals surface area contributed by atoms with Gasteiger partial charge in [-0.2, -0.15) is 0 Å². The summed E-state index contributed by atoms with van der Waals surface area (Å²) in [6.45, 7) is 0.862. The molecule has 2 amide bonds.